The van der Waals surface area contributed by atoms with Crippen molar-refractivity contribution in [1.29, 1.82) is 0 Å². The highest BCUT2D eigenvalue weighted by Gasteiger charge is 2.57. The second-order valence-electron chi connectivity index (χ2n) is 22.0. The molecule has 2 atom stereocenters. The summed E-state index contributed by atoms with van der Waals surface area (Å²) in [4.78, 5) is 16.4. The molecule has 388 valence electrons. The van der Waals surface area contributed by atoms with Crippen LogP contribution in [-0.4, -0.2) is 15.0 Å². The molecule has 14 rings (SSSR count). The number of hydrogen-bond donors (Lipinski definition) is 0. The van der Waals surface area contributed by atoms with E-state index in [1.807, 2.05) is 0 Å². The minimum atomic E-state index is -0.268. The van der Waals surface area contributed by atoms with Crippen molar-refractivity contribution < 1.29 is 9.13 Å². The molecule has 0 saturated carbocycles. The second-order valence-corrected chi connectivity index (χ2v) is 22.0. The topological polar surface area (TPSA) is 46.4 Å². The number of fused-ring (bicyclic) bond motifs is 6. The number of hydrogen-bond acceptors (Lipinski definition) is 3. The highest BCUT2D eigenvalue weighted by molar-refractivity contribution is 5.84. The average molecular weight is 1040 g/mol. The smallest absolute Gasteiger partial charge is 0.208 e. The molecule has 0 bridgehead atoms. The van der Waals surface area contributed by atoms with Gasteiger partial charge in [0.15, 0.2) is 42.0 Å². The van der Waals surface area contributed by atoms with Gasteiger partial charge in [-0.05, 0) is 134 Å². The molecule has 0 radical (unpaired) electrons. The van der Waals surface area contributed by atoms with Crippen LogP contribution in [-0.2, 0) is 17.5 Å². The van der Waals surface area contributed by atoms with E-state index in [1.54, 1.807) is 0 Å². The van der Waals surface area contributed by atoms with Gasteiger partial charge in [-0.15, -0.1) is 0 Å². The summed E-state index contributed by atoms with van der Waals surface area (Å²) in [5.41, 5.74) is 21.5. The van der Waals surface area contributed by atoms with Crippen LogP contribution in [0, 0.1) is 0 Å². The fraction of sp³-hybridized carbons (Fsp3) is 0.118. The fourth-order valence-electron chi connectivity index (χ4n) is 13.4. The summed E-state index contributed by atoms with van der Waals surface area (Å²) in [6.45, 7) is 5.69. The molecule has 5 heteroatoms. The highest BCUT2D eigenvalue weighted by Crippen LogP contribution is 2.52. The molecule has 0 saturated heterocycles. The first-order valence-electron chi connectivity index (χ1n) is 28.6. The molecular weight excluding hydrogens is 983 g/mol. The van der Waals surface area contributed by atoms with Gasteiger partial charge in [0.05, 0.1) is 16.5 Å². The maximum absolute atomic E-state index is 5.46. The van der Waals surface area contributed by atoms with Crippen molar-refractivity contribution in [3.8, 4) is 112 Å². The van der Waals surface area contributed by atoms with E-state index in [-0.39, 0.29) is 11.0 Å². The molecular formula is C76H61N5+2. The summed E-state index contributed by atoms with van der Waals surface area (Å²) in [6.07, 6.45) is 8.75. The molecule has 5 nitrogen and oxygen atoms in total. The normalized spacial score (nSPS) is 15.8. The SMILES string of the molecule is CCCC1(CC2(CC)c3ccc(-c4cccc(-c5nc(-c6cc(-c7ccccc7)cc(-c7ccccc7)c6)nc(-c6cc(-c7ccccc7)cc(-c7ccccc7)c6)n5)c4)cc3-c3cccc[n+]32)C[n+]2ccccc2-c2ccccc21. The van der Waals surface area contributed by atoms with E-state index in [1.165, 1.54) is 33.6 Å². The van der Waals surface area contributed by atoms with Crippen molar-refractivity contribution >= 4 is 0 Å². The van der Waals surface area contributed by atoms with Crippen molar-refractivity contribution in [3.05, 3.63) is 284 Å². The molecule has 5 heterocycles. The predicted molar refractivity (Wildman–Crippen MR) is 330 cm³/mol. The summed E-state index contributed by atoms with van der Waals surface area (Å²) >= 11 is 0. The Morgan fingerprint density at radius 3 is 1.35 bits per heavy atom. The largest absolute Gasteiger partial charge is 0.213 e. The van der Waals surface area contributed by atoms with Crippen molar-refractivity contribution in [2.75, 3.05) is 0 Å². The third kappa shape index (κ3) is 9.05. The van der Waals surface area contributed by atoms with Gasteiger partial charge in [-0.3, -0.25) is 0 Å². The van der Waals surface area contributed by atoms with Gasteiger partial charge in [0.2, 0.25) is 11.4 Å². The van der Waals surface area contributed by atoms with E-state index in [2.05, 4.69) is 296 Å². The Labute approximate surface area is 475 Å². The third-order valence-corrected chi connectivity index (χ3v) is 17.2. The third-order valence-electron chi connectivity index (χ3n) is 17.2. The molecule has 3 aromatic heterocycles. The Kier molecular flexibility index (Phi) is 12.7. The zero-order valence-electron chi connectivity index (χ0n) is 45.8. The minimum absolute atomic E-state index is 0.0880. The fourth-order valence-corrected chi connectivity index (χ4v) is 13.4. The van der Waals surface area contributed by atoms with Gasteiger partial charge in [-0.25, -0.2) is 15.0 Å². The average Bonchev–Trinajstić information content (AvgIpc) is 3.73. The van der Waals surface area contributed by atoms with Crippen LogP contribution in [0.15, 0.2) is 273 Å². The van der Waals surface area contributed by atoms with Crippen LogP contribution in [0.2, 0.25) is 0 Å². The quantitative estimate of drug-likeness (QED) is 0.108. The van der Waals surface area contributed by atoms with Crippen molar-refractivity contribution in [3.63, 3.8) is 0 Å². The van der Waals surface area contributed by atoms with E-state index in [9.17, 15) is 0 Å². The summed E-state index contributed by atoms with van der Waals surface area (Å²) in [5.74, 6) is 1.81. The number of rotatable bonds is 13. The summed E-state index contributed by atoms with van der Waals surface area (Å²) in [6, 6.07) is 94.4. The van der Waals surface area contributed by atoms with Crippen LogP contribution in [0.4, 0.5) is 0 Å². The van der Waals surface area contributed by atoms with E-state index < -0.39 is 0 Å². The first-order valence-corrected chi connectivity index (χ1v) is 28.6. The van der Waals surface area contributed by atoms with Gasteiger partial charge >= 0.3 is 0 Å². The monoisotopic (exact) mass is 1040 g/mol. The lowest BCUT2D eigenvalue weighted by molar-refractivity contribution is -0.746. The van der Waals surface area contributed by atoms with Gasteiger partial charge in [0.25, 0.3) is 0 Å². The Morgan fingerprint density at radius 2 is 0.790 bits per heavy atom. The van der Waals surface area contributed by atoms with Gasteiger partial charge < -0.3 is 0 Å². The zero-order chi connectivity index (χ0) is 54.3. The predicted octanol–water partition coefficient (Wildman–Crippen LogP) is 17.7. The molecule has 0 aliphatic carbocycles. The summed E-state index contributed by atoms with van der Waals surface area (Å²) in [7, 11) is 0. The standard InChI is InChI=1S/C76H61N5/c1-3-40-75(52-80-41-21-19-36-70(80)66-34-17-18-35-68(66)75)51-76(4-2)69-39-38-58(50-67(69)71-37-20-22-42-81(71)76)57-32-23-33-59(43-57)72-77-73(64-46-60(53-24-9-5-10-25-53)44-61(47-64)54-26-11-6-12-27-54)79-74(78-72)65-48-62(55-28-13-7-14-29-55)45-63(49-65)56-30-15-8-16-31-56/h5-39,41-50H,3-4,40,51-52H2,1-2H3/q+2. The molecule has 2 aliphatic rings. The number of nitrogens with zero attached hydrogens (tertiary/aromatic N) is 5. The number of aromatic nitrogens is 5. The van der Waals surface area contributed by atoms with Gasteiger partial charge in [-0.2, -0.15) is 9.13 Å². The maximum Gasteiger partial charge on any atom is 0.213 e. The van der Waals surface area contributed by atoms with Crippen LogP contribution in [0.5, 0.6) is 0 Å². The van der Waals surface area contributed by atoms with E-state index in [0.29, 0.717) is 17.5 Å². The van der Waals surface area contributed by atoms with Gasteiger partial charge in [0, 0.05) is 59.4 Å². The number of pyridine rings is 2. The lowest BCUT2D eigenvalue weighted by Crippen LogP contribution is -2.60. The molecule has 0 spiro atoms. The summed E-state index contributed by atoms with van der Waals surface area (Å²) in [5, 5.41) is 0. The molecule has 2 aliphatic heterocycles. The molecule has 12 aromatic rings. The highest BCUT2D eigenvalue weighted by atomic mass is 15.1. The molecule has 81 heavy (non-hydrogen) atoms. The molecule has 0 fully saturated rings. The van der Waals surface area contributed by atoms with E-state index in [0.717, 1.165) is 105 Å². The van der Waals surface area contributed by atoms with Crippen molar-refractivity contribution in [1.82, 2.24) is 15.0 Å². The Bertz CT molecular complexity index is 4030. The molecule has 2 unspecified atom stereocenters. The maximum atomic E-state index is 5.46. The number of benzene rings is 9. The van der Waals surface area contributed by atoms with Crippen molar-refractivity contribution in [2.45, 2.75) is 57.0 Å². The van der Waals surface area contributed by atoms with E-state index in [4.69, 9.17) is 15.0 Å². The lowest BCUT2D eigenvalue weighted by Gasteiger charge is -2.40. The zero-order valence-corrected chi connectivity index (χ0v) is 45.8. The van der Waals surface area contributed by atoms with Crippen LogP contribution in [0.1, 0.15) is 50.7 Å². The molecule has 0 amide bonds. The summed E-state index contributed by atoms with van der Waals surface area (Å²) < 4.78 is 5.12. The van der Waals surface area contributed by atoms with Crippen LogP contribution in [0.25, 0.3) is 112 Å². The first-order chi connectivity index (χ1) is 40.0. The van der Waals surface area contributed by atoms with Crippen LogP contribution < -0.4 is 9.13 Å². The van der Waals surface area contributed by atoms with Crippen LogP contribution >= 0.6 is 0 Å². The second kappa shape index (κ2) is 20.8. The van der Waals surface area contributed by atoms with Gasteiger partial charge in [-0.1, -0.05) is 190 Å². The van der Waals surface area contributed by atoms with Crippen molar-refractivity contribution in [2.24, 2.45) is 0 Å². The Balaban J connectivity index is 0.917. The van der Waals surface area contributed by atoms with Crippen LogP contribution in [0.3, 0.4) is 0 Å². The molecule has 0 N–H and O–H groups in total. The molecule has 9 aromatic carbocycles. The van der Waals surface area contributed by atoms with Gasteiger partial charge in [0.1, 0.15) is 0 Å². The Morgan fingerprint density at radius 1 is 0.346 bits per heavy atom. The first kappa shape index (κ1) is 49.6. The Hall–Kier alpha value is -9.71. The lowest BCUT2D eigenvalue weighted by atomic mass is 9.63. The van der Waals surface area contributed by atoms with E-state index >= 15 is 0 Å². The minimum Gasteiger partial charge on any atom is -0.208 e.